The first kappa shape index (κ1) is 14.8. The monoisotopic (exact) mass is 279 g/mol. The number of nitrogens with one attached hydrogen (secondary N) is 1. The van der Waals surface area contributed by atoms with Gasteiger partial charge >= 0.3 is 0 Å². The molecule has 0 heterocycles. The van der Waals surface area contributed by atoms with E-state index in [0.29, 0.717) is 29.1 Å². The molecule has 6 unspecified atom stereocenters. The quantitative estimate of drug-likeness (QED) is 0.843. The Morgan fingerprint density at radius 3 is 2.35 bits per heavy atom. The molecule has 0 radical (unpaired) electrons. The summed E-state index contributed by atoms with van der Waals surface area (Å²) >= 11 is 0. The first-order valence-electron chi connectivity index (χ1n) is 8.71. The highest BCUT2D eigenvalue weighted by molar-refractivity contribution is 5.11. The summed E-state index contributed by atoms with van der Waals surface area (Å²) in [5.74, 6) is 1.70. The summed E-state index contributed by atoms with van der Waals surface area (Å²) in [6.07, 6.45) is 8.86. The summed E-state index contributed by atoms with van der Waals surface area (Å²) in [4.78, 5) is 0. The smallest absolute Gasteiger partial charge is 0.0734 e. The molecule has 0 aliphatic heterocycles. The summed E-state index contributed by atoms with van der Waals surface area (Å²) in [6, 6.07) is 0.567. The standard InChI is InChI=1S/C18H33NO/c1-12-6-7-14(19-5)15(10-12)20-16-11-13-8-9-18(16,4)17(13,2)3/h12-16,19H,6-11H2,1-5H3. The number of ether oxygens (including phenoxy) is 1. The van der Waals surface area contributed by atoms with Gasteiger partial charge in [-0.05, 0) is 68.2 Å². The molecule has 3 aliphatic rings. The molecule has 116 valence electrons. The first-order valence-corrected chi connectivity index (χ1v) is 8.71. The maximum absolute atomic E-state index is 6.74. The van der Waals surface area contributed by atoms with Crippen LogP contribution in [0.1, 0.15) is 66.2 Å². The van der Waals surface area contributed by atoms with Gasteiger partial charge in [0.25, 0.3) is 0 Å². The van der Waals surface area contributed by atoms with Gasteiger partial charge in [-0.25, -0.2) is 0 Å². The Labute approximate surface area is 125 Å². The van der Waals surface area contributed by atoms with Crippen molar-refractivity contribution < 1.29 is 4.74 Å². The lowest BCUT2D eigenvalue weighted by Gasteiger charge is -2.43. The molecule has 0 aromatic carbocycles. The Balaban J connectivity index is 1.72. The van der Waals surface area contributed by atoms with Gasteiger partial charge in [-0.2, -0.15) is 0 Å². The van der Waals surface area contributed by atoms with Crippen LogP contribution in [0.3, 0.4) is 0 Å². The lowest BCUT2D eigenvalue weighted by molar-refractivity contribution is -0.111. The number of hydrogen-bond acceptors (Lipinski definition) is 2. The van der Waals surface area contributed by atoms with Crippen molar-refractivity contribution in [1.82, 2.24) is 5.32 Å². The molecule has 0 aromatic heterocycles. The zero-order chi connectivity index (χ0) is 14.5. The summed E-state index contributed by atoms with van der Waals surface area (Å²) in [6.45, 7) is 9.83. The van der Waals surface area contributed by atoms with Crippen molar-refractivity contribution in [1.29, 1.82) is 0 Å². The molecular formula is C18H33NO. The van der Waals surface area contributed by atoms with Crippen molar-refractivity contribution >= 4 is 0 Å². The van der Waals surface area contributed by atoms with Gasteiger partial charge in [-0.15, -0.1) is 0 Å². The van der Waals surface area contributed by atoms with Gasteiger partial charge in [-0.3, -0.25) is 0 Å². The minimum absolute atomic E-state index is 0.399. The molecule has 0 amide bonds. The van der Waals surface area contributed by atoms with Gasteiger partial charge in [-0.1, -0.05) is 27.7 Å². The third kappa shape index (κ3) is 2.06. The Kier molecular flexibility index (Phi) is 3.70. The zero-order valence-corrected chi connectivity index (χ0v) is 14.0. The summed E-state index contributed by atoms with van der Waals surface area (Å²) in [5.41, 5.74) is 0.865. The van der Waals surface area contributed by atoms with Gasteiger partial charge in [0.1, 0.15) is 0 Å². The molecular weight excluding hydrogens is 246 g/mol. The Morgan fingerprint density at radius 2 is 1.80 bits per heavy atom. The van der Waals surface area contributed by atoms with Crippen LogP contribution in [0.15, 0.2) is 0 Å². The van der Waals surface area contributed by atoms with Crippen LogP contribution >= 0.6 is 0 Å². The van der Waals surface area contributed by atoms with Gasteiger partial charge < -0.3 is 10.1 Å². The van der Waals surface area contributed by atoms with Gasteiger partial charge in [0.05, 0.1) is 12.2 Å². The maximum Gasteiger partial charge on any atom is 0.0734 e. The Morgan fingerprint density at radius 1 is 1.05 bits per heavy atom. The van der Waals surface area contributed by atoms with Crippen molar-refractivity contribution in [2.24, 2.45) is 22.7 Å². The van der Waals surface area contributed by atoms with Gasteiger partial charge in [0.2, 0.25) is 0 Å². The number of likely N-dealkylation sites (N-methyl/N-ethyl adjacent to an activating group) is 1. The minimum Gasteiger partial charge on any atom is -0.373 e. The predicted octanol–water partition coefficient (Wildman–Crippen LogP) is 3.99. The van der Waals surface area contributed by atoms with Crippen LogP contribution in [0.4, 0.5) is 0 Å². The van der Waals surface area contributed by atoms with Crippen LogP contribution in [-0.2, 0) is 4.74 Å². The second-order valence-electron chi connectivity index (χ2n) is 8.59. The lowest BCUT2D eigenvalue weighted by atomic mass is 9.70. The molecule has 0 saturated heterocycles. The van der Waals surface area contributed by atoms with Crippen LogP contribution in [0.25, 0.3) is 0 Å². The van der Waals surface area contributed by atoms with E-state index in [2.05, 4.69) is 40.1 Å². The SMILES string of the molecule is CNC1CCC(C)CC1OC1CC2CCC1(C)C2(C)C. The highest BCUT2D eigenvalue weighted by Gasteiger charge is 2.62. The van der Waals surface area contributed by atoms with Crippen molar-refractivity contribution in [2.75, 3.05) is 7.05 Å². The van der Waals surface area contributed by atoms with E-state index in [1.807, 2.05) is 0 Å². The minimum atomic E-state index is 0.399. The molecule has 0 aromatic rings. The topological polar surface area (TPSA) is 21.3 Å². The van der Waals surface area contributed by atoms with Crippen molar-refractivity contribution in [3.05, 3.63) is 0 Å². The summed E-state index contributed by atoms with van der Waals surface area (Å²) < 4.78 is 6.74. The van der Waals surface area contributed by atoms with E-state index in [-0.39, 0.29) is 0 Å². The average Bonchev–Trinajstić information content (AvgIpc) is 2.72. The molecule has 3 rings (SSSR count). The molecule has 6 atom stereocenters. The average molecular weight is 279 g/mol. The highest BCUT2D eigenvalue weighted by Crippen LogP contribution is 2.66. The van der Waals surface area contributed by atoms with Crippen molar-refractivity contribution in [3.63, 3.8) is 0 Å². The second kappa shape index (κ2) is 4.98. The predicted molar refractivity (Wildman–Crippen MR) is 83.8 cm³/mol. The van der Waals surface area contributed by atoms with E-state index in [9.17, 15) is 0 Å². The fourth-order valence-corrected chi connectivity index (χ4v) is 5.36. The van der Waals surface area contributed by atoms with Crippen LogP contribution in [0.5, 0.6) is 0 Å². The maximum atomic E-state index is 6.74. The van der Waals surface area contributed by atoms with Crippen LogP contribution in [-0.4, -0.2) is 25.3 Å². The summed E-state index contributed by atoms with van der Waals surface area (Å²) in [7, 11) is 2.10. The molecule has 3 aliphatic carbocycles. The number of fused-ring (bicyclic) bond motifs is 2. The van der Waals surface area contributed by atoms with Crippen LogP contribution < -0.4 is 5.32 Å². The molecule has 1 N–H and O–H groups in total. The number of hydrogen-bond donors (Lipinski definition) is 1. The second-order valence-corrected chi connectivity index (χ2v) is 8.59. The molecule has 20 heavy (non-hydrogen) atoms. The Bertz CT molecular complexity index is 366. The van der Waals surface area contributed by atoms with E-state index in [0.717, 1.165) is 11.8 Å². The molecule has 2 heteroatoms. The van der Waals surface area contributed by atoms with Crippen LogP contribution in [0, 0.1) is 22.7 Å². The fraction of sp³-hybridized carbons (Fsp3) is 1.00. The van der Waals surface area contributed by atoms with E-state index in [4.69, 9.17) is 4.74 Å². The largest absolute Gasteiger partial charge is 0.373 e. The lowest BCUT2D eigenvalue weighted by Crippen LogP contribution is -2.48. The molecule has 2 bridgehead atoms. The highest BCUT2D eigenvalue weighted by atomic mass is 16.5. The van der Waals surface area contributed by atoms with Gasteiger partial charge in [0, 0.05) is 6.04 Å². The first-order chi connectivity index (χ1) is 9.38. The van der Waals surface area contributed by atoms with Crippen LogP contribution in [0.2, 0.25) is 0 Å². The van der Waals surface area contributed by atoms with E-state index in [1.54, 1.807) is 0 Å². The normalized spacial score (nSPS) is 50.5. The zero-order valence-electron chi connectivity index (χ0n) is 14.0. The van der Waals surface area contributed by atoms with E-state index < -0.39 is 0 Å². The molecule has 3 fully saturated rings. The molecule has 0 spiro atoms. The number of rotatable bonds is 3. The Hall–Kier alpha value is -0.0800. The third-order valence-electron chi connectivity index (χ3n) is 7.48. The summed E-state index contributed by atoms with van der Waals surface area (Å²) in [5, 5.41) is 3.50. The van der Waals surface area contributed by atoms with Crippen molar-refractivity contribution in [3.8, 4) is 0 Å². The molecule has 3 saturated carbocycles. The molecule has 2 nitrogen and oxygen atoms in total. The van der Waals surface area contributed by atoms with Crippen molar-refractivity contribution in [2.45, 2.75) is 84.5 Å². The van der Waals surface area contributed by atoms with Gasteiger partial charge in [0.15, 0.2) is 0 Å². The third-order valence-corrected chi connectivity index (χ3v) is 7.48. The van der Waals surface area contributed by atoms with E-state index in [1.165, 1.54) is 38.5 Å². The van der Waals surface area contributed by atoms with E-state index >= 15 is 0 Å². The fourth-order valence-electron chi connectivity index (χ4n) is 5.36.